The van der Waals surface area contributed by atoms with Crippen molar-refractivity contribution in [1.29, 1.82) is 0 Å². The second-order valence-electron chi connectivity index (χ2n) is 7.54. The lowest BCUT2D eigenvalue weighted by Gasteiger charge is -2.25. The molecule has 0 bridgehead atoms. The van der Waals surface area contributed by atoms with Gasteiger partial charge in [0, 0.05) is 18.8 Å². The van der Waals surface area contributed by atoms with Gasteiger partial charge in [-0.25, -0.2) is 8.42 Å². The third-order valence-corrected chi connectivity index (χ3v) is 7.34. The summed E-state index contributed by atoms with van der Waals surface area (Å²) >= 11 is 0. The Morgan fingerprint density at radius 3 is 2.25 bits per heavy atom. The highest BCUT2D eigenvalue weighted by Crippen LogP contribution is 2.26. The Hall–Kier alpha value is -1.93. The molecule has 28 heavy (non-hydrogen) atoms. The number of hydrogen-bond donors (Lipinski definition) is 1. The molecule has 1 N–H and O–H groups in total. The molecular formula is C20H28N2O5S. The number of piperidine rings is 1. The first kappa shape index (κ1) is 20.8. The molecule has 0 unspecified atom stereocenters. The third kappa shape index (κ3) is 4.91. The molecule has 1 amide bonds. The fourth-order valence-electron chi connectivity index (χ4n) is 3.69. The number of carbonyl (C=O) groups is 2. The average molecular weight is 409 g/mol. The van der Waals surface area contributed by atoms with Crippen LogP contribution in [0.15, 0.2) is 29.2 Å². The number of benzene rings is 1. The summed E-state index contributed by atoms with van der Waals surface area (Å²) in [6.45, 7) is 2.63. The highest BCUT2D eigenvalue weighted by Gasteiger charge is 2.28. The normalized spacial score (nSPS) is 19.9. The molecule has 1 saturated heterocycles. The van der Waals surface area contributed by atoms with Crippen LogP contribution in [-0.4, -0.2) is 43.8 Å². The van der Waals surface area contributed by atoms with Crippen LogP contribution in [0.4, 0.5) is 5.69 Å². The summed E-state index contributed by atoms with van der Waals surface area (Å²) in [6, 6.07) is 6.10. The van der Waals surface area contributed by atoms with E-state index in [9.17, 15) is 18.0 Å². The van der Waals surface area contributed by atoms with Crippen LogP contribution in [0.2, 0.25) is 0 Å². The van der Waals surface area contributed by atoms with E-state index in [2.05, 4.69) is 5.32 Å². The van der Waals surface area contributed by atoms with E-state index in [0.29, 0.717) is 18.8 Å². The topological polar surface area (TPSA) is 92.8 Å². The maximum atomic E-state index is 12.7. The molecule has 2 aliphatic rings. The lowest BCUT2D eigenvalue weighted by Crippen LogP contribution is -2.35. The quantitative estimate of drug-likeness (QED) is 0.731. The van der Waals surface area contributed by atoms with Crippen LogP contribution in [0.1, 0.15) is 51.9 Å². The maximum absolute atomic E-state index is 12.7. The summed E-state index contributed by atoms with van der Waals surface area (Å²) in [6.07, 6.45) is 5.60. The van der Waals surface area contributed by atoms with Crippen molar-refractivity contribution in [1.82, 2.24) is 4.31 Å². The van der Waals surface area contributed by atoms with Gasteiger partial charge in [0.1, 0.15) is 0 Å². The van der Waals surface area contributed by atoms with Crippen LogP contribution < -0.4 is 5.32 Å². The largest absolute Gasteiger partial charge is 0.452 e. The van der Waals surface area contributed by atoms with E-state index in [1.54, 1.807) is 12.1 Å². The van der Waals surface area contributed by atoms with E-state index in [1.165, 1.54) is 23.4 Å². The zero-order valence-electron chi connectivity index (χ0n) is 16.2. The van der Waals surface area contributed by atoms with Gasteiger partial charge in [-0.3, -0.25) is 9.59 Å². The van der Waals surface area contributed by atoms with Crippen molar-refractivity contribution in [2.75, 3.05) is 18.4 Å². The van der Waals surface area contributed by atoms with E-state index in [0.717, 1.165) is 44.9 Å². The molecule has 0 spiro atoms. The van der Waals surface area contributed by atoms with Crippen molar-refractivity contribution in [2.45, 2.75) is 62.9 Å². The second-order valence-corrected chi connectivity index (χ2v) is 9.48. The zero-order valence-corrected chi connectivity index (χ0v) is 17.0. The number of nitrogens with one attached hydrogen (secondary N) is 1. The van der Waals surface area contributed by atoms with Gasteiger partial charge in [-0.2, -0.15) is 4.31 Å². The molecule has 2 fully saturated rings. The number of nitrogens with zero attached hydrogens (tertiary/aromatic N) is 1. The SMILES string of the molecule is C[C@H](OC(=O)C1CCCC1)C(=O)Nc1ccc(S(=O)(=O)N2CCCCC2)cc1. The average Bonchev–Trinajstić information content (AvgIpc) is 3.24. The van der Waals surface area contributed by atoms with Crippen molar-refractivity contribution in [3.05, 3.63) is 24.3 Å². The van der Waals surface area contributed by atoms with Gasteiger partial charge in [0.05, 0.1) is 10.8 Å². The molecule has 3 rings (SSSR count). The molecule has 0 radical (unpaired) electrons. The number of ether oxygens (including phenoxy) is 1. The molecule has 1 saturated carbocycles. The van der Waals surface area contributed by atoms with Crippen LogP contribution in [0.5, 0.6) is 0 Å². The minimum absolute atomic E-state index is 0.102. The van der Waals surface area contributed by atoms with Gasteiger partial charge in [-0.05, 0) is 56.9 Å². The number of carbonyl (C=O) groups excluding carboxylic acids is 2. The smallest absolute Gasteiger partial charge is 0.309 e. The number of sulfonamides is 1. The van der Waals surface area contributed by atoms with E-state index < -0.39 is 22.0 Å². The summed E-state index contributed by atoms with van der Waals surface area (Å²) in [5.74, 6) is -0.851. The van der Waals surface area contributed by atoms with Gasteiger partial charge in [0.15, 0.2) is 6.10 Å². The van der Waals surface area contributed by atoms with Crippen LogP contribution >= 0.6 is 0 Å². The molecular weight excluding hydrogens is 380 g/mol. The molecule has 1 atom stereocenters. The van der Waals surface area contributed by atoms with Crippen LogP contribution in [0, 0.1) is 5.92 Å². The van der Waals surface area contributed by atoms with Crippen molar-refractivity contribution in [3.8, 4) is 0 Å². The summed E-state index contributed by atoms with van der Waals surface area (Å²) in [4.78, 5) is 24.5. The number of anilines is 1. The minimum Gasteiger partial charge on any atom is -0.452 e. The fourth-order valence-corrected chi connectivity index (χ4v) is 5.21. The van der Waals surface area contributed by atoms with Crippen molar-refractivity contribution < 1.29 is 22.7 Å². The van der Waals surface area contributed by atoms with Gasteiger partial charge in [-0.1, -0.05) is 19.3 Å². The molecule has 7 nitrogen and oxygen atoms in total. The monoisotopic (exact) mass is 408 g/mol. The molecule has 1 heterocycles. The molecule has 8 heteroatoms. The lowest BCUT2D eigenvalue weighted by atomic mass is 10.1. The Labute approximate surface area is 166 Å². The molecule has 1 aliphatic heterocycles. The second kappa shape index (κ2) is 9.05. The summed E-state index contributed by atoms with van der Waals surface area (Å²) in [5.41, 5.74) is 0.464. The van der Waals surface area contributed by atoms with Gasteiger partial charge < -0.3 is 10.1 Å². The minimum atomic E-state index is -3.50. The third-order valence-electron chi connectivity index (χ3n) is 5.43. The number of rotatable bonds is 6. The zero-order chi connectivity index (χ0) is 20.1. The van der Waals surface area contributed by atoms with Gasteiger partial charge >= 0.3 is 5.97 Å². The van der Waals surface area contributed by atoms with Crippen molar-refractivity contribution in [2.24, 2.45) is 5.92 Å². The Kier molecular flexibility index (Phi) is 6.72. The van der Waals surface area contributed by atoms with Crippen LogP contribution in [0.25, 0.3) is 0 Å². The molecule has 0 aromatic heterocycles. The van der Waals surface area contributed by atoms with E-state index in [4.69, 9.17) is 4.74 Å². The number of hydrogen-bond acceptors (Lipinski definition) is 5. The highest BCUT2D eigenvalue weighted by molar-refractivity contribution is 7.89. The van der Waals surface area contributed by atoms with E-state index >= 15 is 0 Å². The van der Waals surface area contributed by atoms with Gasteiger partial charge in [0.25, 0.3) is 5.91 Å². The van der Waals surface area contributed by atoms with Crippen LogP contribution in [0.3, 0.4) is 0 Å². The van der Waals surface area contributed by atoms with E-state index in [-0.39, 0.29) is 16.8 Å². The Bertz CT molecular complexity index is 794. The Morgan fingerprint density at radius 1 is 1.04 bits per heavy atom. The lowest BCUT2D eigenvalue weighted by molar-refractivity contribution is -0.157. The van der Waals surface area contributed by atoms with Gasteiger partial charge in [-0.15, -0.1) is 0 Å². The summed E-state index contributed by atoms with van der Waals surface area (Å²) < 4.78 is 32.1. The standard InChI is InChI=1S/C20H28N2O5S/c1-15(27-20(24)16-7-3-4-8-16)19(23)21-17-9-11-18(12-10-17)28(25,26)22-13-5-2-6-14-22/h9-12,15-16H,2-8,13-14H2,1H3,(H,21,23)/t15-/m0/s1. The van der Waals surface area contributed by atoms with E-state index in [1.807, 2.05) is 0 Å². The van der Waals surface area contributed by atoms with Gasteiger partial charge in [0.2, 0.25) is 10.0 Å². The highest BCUT2D eigenvalue weighted by atomic mass is 32.2. The molecule has 1 aromatic carbocycles. The predicted molar refractivity (Wildman–Crippen MR) is 105 cm³/mol. The first-order valence-corrected chi connectivity index (χ1v) is 11.4. The first-order valence-electron chi connectivity index (χ1n) is 9.99. The molecule has 1 aliphatic carbocycles. The number of esters is 1. The fraction of sp³-hybridized carbons (Fsp3) is 0.600. The summed E-state index contributed by atoms with van der Waals surface area (Å²) in [7, 11) is -3.50. The Morgan fingerprint density at radius 2 is 1.64 bits per heavy atom. The number of amides is 1. The van der Waals surface area contributed by atoms with Crippen molar-refractivity contribution >= 4 is 27.6 Å². The molecule has 1 aromatic rings. The first-order chi connectivity index (χ1) is 13.4. The van der Waals surface area contributed by atoms with Crippen molar-refractivity contribution in [3.63, 3.8) is 0 Å². The Balaban J connectivity index is 1.57. The molecule has 154 valence electrons. The maximum Gasteiger partial charge on any atom is 0.309 e. The van der Waals surface area contributed by atoms with Crippen LogP contribution in [-0.2, 0) is 24.3 Å². The predicted octanol–water partition coefficient (Wildman–Crippen LogP) is 2.92. The summed E-state index contributed by atoms with van der Waals surface area (Å²) in [5, 5.41) is 2.67.